The molecule has 29 heavy (non-hydrogen) atoms. The maximum Gasteiger partial charge on any atom is 0.319 e. The number of rotatable bonds is 6. The highest BCUT2D eigenvalue weighted by Gasteiger charge is 2.17. The van der Waals surface area contributed by atoms with Crippen LogP contribution in [0, 0.1) is 0 Å². The highest BCUT2D eigenvalue weighted by Crippen LogP contribution is 2.29. The standard InChI is InChI=1S/C22H29N3O4/c1-14(18-13-17(28-5)11-12-19(18)29-6)23-21(27)24-16-9-7-15(8-10-16)20(26)25-22(2,3)4/h7-14H,1-6H3,(H,25,26)(H2,23,24,27). The molecule has 2 rings (SSSR count). The fourth-order valence-electron chi connectivity index (χ4n) is 2.74. The van der Waals surface area contributed by atoms with Gasteiger partial charge in [0.15, 0.2) is 0 Å². The minimum atomic E-state index is -0.366. The number of nitrogens with one attached hydrogen (secondary N) is 3. The van der Waals surface area contributed by atoms with Crippen molar-refractivity contribution in [1.29, 1.82) is 0 Å². The SMILES string of the molecule is COc1ccc(OC)c(C(C)NC(=O)Nc2ccc(C(=O)NC(C)(C)C)cc2)c1. The number of anilines is 1. The first kappa shape index (κ1) is 22.1. The van der Waals surface area contributed by atoms with Gasteiger partial charge in [0.1, 0.15) is 11.5 Å². The Morgan fingerprint density at radius 1 is 0.966 bits per heavy atom. The van der Waals surface area contributed by atoms with Crippen LogP contribution < -0.4 is 25.4 Å². The van der Waals surface area contributed by atoms with Crippen LogP contribution in [0.1, 0.15) is 49.7 Å². The molecular weight excluding hydrogens is 370 g/mol. The third-order valence-corrected chi connectivity index (χ3v) is 4.14. The highest BCUT2D eigenvalue weighted by atomic mass is 16.5. The Labute approximate surface area is 171 Å². The zero-order chi connectivity index (χ0) is 21.6. The van der Waals surface area contributed by atoms with Crippen molar-refractivity contribution in [2.75, 3.05) is 19.5 Å². The van der Waals surface area contributed by atoms with Crippen molar-refractivity contribution < 1.29 is 19.1 Å². The number of ether oxygens (including phenoxy) is 2. The van der Waals surface area contributed by atoms with Crippen LogP contribution >= 0.6 is 0 Å². The lowest BCUT2D eigenvalue weighted by atomic mass is 10.1. The molecule has 0 heterocycles. The van der Waals surface area contributed by atoms with E-state index in [1.165, 1.54) is 0 Å². The summed E-state index contributed by atoms with van der Waals surface area (Å²) in [6.07, 6.45) is 0. The van der Waals surface area contributed by atoms with Gasteiger partial charge >= 0.3 is 6.03 Å². The molecule has 0 spiro atoms. The summed E-state index contributed by atoms with van der Waals surface area (Å²) >= 11 is 0. The minimum absolute atomic E-state index is 0.160. The van der Waals surface area contributed by atoms with Crippen molar-refractivity contribution in [2.45, 2.75) is 39.3 Å². The molecule has 7 nitrogen and oxygen atoms in total. The molecule has 7 heteroatoms. The normalized spacial score (nSPS) is 11.9. The smallest absolute Gasteiger partial charge is 0.319 e. The second-order valence-electron chi connectivity index (χ2n) is 7.71. The third kappa shape index (κ3) is 6.41. The number of hydrogen-bond acceptors (Lipinski definition) is 4. The first-order valence-electron chi connectivity index (χ1n) is 9.35. The second-order valence-corrected chi connectivity index (χ2v) is 7.71. The van der Waals surface area contributed by atoms with Crippen LogP contribution in [0.5, 0.6) is 11.5 Å². The summed E-state index contributed by atoms with van der Waals surface area (Å²) in [5, 5.41) is 8.54. The first-order valence-corrected chi connectivity index (χ1v) is 9.35. The van der Waals surface area contributed by atoms with E-state index in [-0.39, 0.29) is 23.5 Å². The molecule has 2 aromatic rings. The van der Waals surface area contributed by atoms with Gasteiger partial charge in [-0.15, -0.1) is 0 Å². The Kier molecular flexibility index (Phi) is 7.09. The van der Waals surface area contributed by atoms with Gasteiger partial charge < -0.3 is 25.4 Å². The summed E-state index contributed by atoms with van der Waals surface area (Å²) in [5.41, 5.74) is 1.60. The van der Waals surface area contributed by atoms with Crippen LogP contribution in [0.25, 0.3) is 0 Å². The van der Waals surface area contributed by atoms with Crippen LogP contribution in [-0.4, -0.2) is 31.7 Å². The number of methoxy groups -OCH3 is 2. The second kappa shape index (κ2) is 9.32. The van der Waals surface area contributed by atoms with Crippen molar-refractivity contribution in [2.24, 2.45) is 0 Å². The van der Waals surface area contributed by atoms with E-state index in [0.717, 1.165) is 5.56 Å². The fraction of sp³-hybridized carbons (Fsp3) is 0.364. The van der Waals surface area contributed by atoms with Crippen LogP contribution in [0.2, 0.25) is 0 Å². The number of amides is 3. The van der Waals surface area contributed by atoms with E-state index in [0.29, 0.717) is 22.7 Å². The summed E-state index contributed by atoms with van der Waals surface area (Å²) < 4.78 is 10.6. The van der Waals surface area contributed by atoms with E-state index in [1.807, 2.05) is 33.8 Å². The molecule has 1 atom stereocenters. The van der Waals surface area contributed by atoms with Gasteiger partial charge in [0.25, 0.3) is 5.91 Å². The van der Waals surface area contributed by atoms with Crippen molar-refractivity contribution in [1.82, 2.24) is 10.6 Å². The Morgan fingerprint density at radius 3 is 2.17 bits per heavy atom. The average molecular weight is 399 g/mol. The molecule has 0 aromatic heterocycles. The van der Waals surface area contributed by atoms with Gasteiger partial charge in [-0.05, 0) is 70.2 Å². The highest BCUT2D eigenvalue weighted by molar-refractivity contribution is 5.96. The molecule has 0 radical (unpaired) electrons. The summed E-state index contributed by atoms with van der Waals surface area (Å²) in [4.78, 5) is 24.6. The van der Waals surface area contributed by atoms with Crippen molar-refractivity contribution >= 4 is 17.6 Å². The van der Waals surface area contributed by atoms with Crippen LogP contribution in [0.4, 0.5) is 10.5 Å². The molecule has 0 aliphatic heterocycles. The lowest BCUT2D eigenvalue weighted by molar-refractivity contribution is 0.0919. The Bertz CT molecular complexity index is 857. The summed E-state index contributed by atoms with van der Waals surface area (Å²) in [7, 11) is 3.16. The van der Waals surface area contributed by atoms with E-state index < -0.39 is 0 Å². The maximum atomic E-state index is 12.4. The third-order valence-electron chi connectivity index (χ3n) is 4.14. The molecule has 1 unspecified atom stereocenters. The molecule has 0 fully saturated rings. The molecule has 156 valence electrons. The van der Waals surface area contributed by atoms with Gasteiger partial charge in [0.2, 0.25) is 0 Å². The molecular formula is C22H29N3O4. The summed E-state index contributed by atoms with van der Waals surface area (Å²) in [6.45, 7) is 7.62. The molecule has 0 aliphatic rings. The van der Waals surface area contributed by atoms with Gasteiger partial charge in [-0.1, -0.05) is 0 Å². The van der Waals surface area contributed by atoms with Gasteiger partial charge in [0, 0.05) is 22.4 Å². The van der Waals surface area contributed by atoms with Crippen molar-refractivity contribution in [3.05, 3.63) is 53.6 Å². The molecule has 3 amide bonds. The average Bonchev–Trinajstić information content (AvgIpc) is 2.66. The Morgan fingerprint density at radius 2 is 1.62 bits per heavy atom. The van der Waals surface area contributed by atoms with E-state index in [1.54, 1.807) is 50.6 Å². The van der Waals surface area contributed by atoms with E-state index in [4.69, 9.17) is 9.47 Å². The largest absolute Gasteiger partial charge is 0.497 e. The number of carbonyl (C=O) groups excluding carboxylic acids is 2. The molecule has 3 N–H and O–H groups in total. The zero-order valence-electron chi connectivity index (χ0n) is 17.8. The van der Waals surface area contributed by atoms with Gasteiger partial charge in [0.05, 0.1) is 20.3 Å². The topological polar surface area (TPSA) is 88.7 Å². The molecule has 0 bridgehead atoms. The Hall–Kier alpha value is -3.22. The molecule has 0 saturated carbocycles. The lowest BCUT2D eigenvalue weighted by Gasteiger charge is -2.20. The van der Waals surface area contributed by atoms with Crippen LogP contribution in [0.15, 0.2) is 42.5 Å². The number of urea groups is 1. The van der Waals surface area contributed by atoms with Crippen LogP contribution in [0.3, 0.4) is 0 Å². The van der Waals surface area contributed by atoms with E-state index in [9.17, 15) is 9.59 Å². The predicted octanol–water partition coefficient (Wildman–Crippen LogP) is 4.11. The molecule has 0 saturated heterocycles. The van der Waals surface area contributed by atoms with E-state index >= 15 is 0 Å². The summed E-state index contributed by atoms with van der Waals surface area (Å²) in [5.74, 6) is 1.18. The van der Waals surface area contributed by atoms with Crippen molar-refractivity contribution in [3.63, 3.8) is 0 Å². The first-order chi connectivity index (χ1) is 13.6. The number of benzene rings is 2. The molecule has 0 aliphatic carbocycles. The van der Waals surface area contributed by atoms with Crippen molar-refractivity contribution in [3.8, 4) is 11.5 Å². The maximum absolute atomic E-state index is 12.4. The predicted molar refractivity (Wildman–Crippen MR) is 114 cm³/mol. The van der Waals surface area contributed by atoms with Gasteiger partial charge in [-0.25, -0.2) is 4.79 Å². The van der Waals surface area contributed by atoms with Crippen LogP contribution in [-0.2, 0) is 0 Å². The Balaban J connectivity index is 2.01. The lowest BCUT2D eigenvalue weighted by Crippen LogP contribution is -2.40. The van der Waals surface area contributed by atoms with E-state index in [2.05, 4.69) is 16.0 Å². The number of hydrogen-bond donors (Lipinski definition) is 3. The summed E-state index contributed by atoms with van der Waals surface area (Å²) in [6, 6.07) is 11.5. The quantitative estimate of drug-likeness (QED) is 0.682. The van der Waals surface area contributed by atoms with Gasteiger partial charge in [-0.2, -0.15) is 0 Å². The fourth-order valence-corrected chi connectivity index (χ4v) is 2.74. The molecule has 2 aromatic carbocycles. The minimum Gasteiger partial charge on any atom is -0.497 e. The van der Waals surface area contributed by atoms with Gasteiger partial charge in [-0.3, -0.25) is 4.79 Å². The zero-order valence-corrected chi connectivity index (χ0v) is 17.8. The number of carbonyl (C=O) groups is 2. The monoisotopic (exact) mass is 399 g/mol.